The van der Waals surface area contributed by atoms with Crippen LogP contribution >= 0.6 is 0 Å². The molecule has 0 amide bonds. The molecule has 5 heteroatoms. The lowest BCUT2D eigenvalue weighted by Gasteiger charge is -1.99. The van der Waals surface area contributed by atoms with Gasteiger partial charge in [0.05, 0.1) is 6.42 Å². The van der Waals surface area contributed by atoms with Gasteiger partial charge in [0.15, 0.2) is 0 Å². The molecule has 0 atom stereocenters. The number of benzene rings is 1. The van der Waals surface area contributed by atoms with Gasteiger partial charge in [-0.3, -0.25) is 4.79 Å². The van der Waals surface area contributed by atoms with Crippen molar-refractivity contribution in [2.75, 3.05) is 0 Å². The number of hydrogen-bond donors (Lipinski definition) is 2. The van der Waals surface area contributed by atoms with Crippen LogP contribution in [0.25, 0.3) is 12.2 Å². The monoisotopic (exact) mass is 250 g/mol. The largest absolute Gasteiger partial charge is 0.481 e. The van der Waals surface area contributed by atoms with E-state index in [-0.39, 0.29) is 12.0 Å². The Morgan fingerprint density at radius 3 is 2.56 bits per heavy atom. The first-order valence-corrected chi connectivity index (χ1v) is 5.08. The molecule has 0 radical (unpaired) electrons. The average Bonchev–Trinajstić information content (AvgIpc) is 2.29. The fourth-order valence-corrected chi connectivity index (χ4v) is 1.25. The molecule has 0 saturated carbocycles. The summed E-state index contributed by atoms with van der Waals surface area (Å²) in [5.41, 5.74) is 0.734. The van der Waals surface area contributed by atoms with Gasteiger partial charge in [0.1, 0.15) is 5.82 Å². The van der Waals surface area contributed by atoms with Gasteiger partial charge < -0.3 is 10.2 Å². The summed E-state index contributed by atoms with van der Waals surface area (Å²) in [6.45, 7) is 0. The molecule has 0 aliphatic rings. The van der Waals surface area contributed by atoms with Crippen LogP contribution < -0.4 is 0 Å². The maximum absolute atomic E-state index is 13.3. The van der Waals surface area contributed by atoms with Crippen LogP contribution in [0.4, 0.5) is 4.39 Å². The van der Waals surface area contributed by atoms with Crippen molar-refractivity contribution in [3.05, 3.63) is 47.3 Å². The molecular formula is C13H11FO4. The van der Waals surface area contributed by atoms with Crippen molar-refractivity contribution in [2.45, 2.75) is 6.42 Å². The molecule has 1 aromatic carbocycles. The van der Waals surface area contributed by atoms with Crippen molar-refractivity contribution in [3.63, 3.8) is 0 Å². The molecule has 0 aromatic heterocycles. The zero-order chi connectivity index (χ0) is 13.5. The summed E-state index contributed by atoms with van der Waals surface area (Å²) in [5.74, 6) is -2.66. The van der Waals surface area contributed by atoms with E-state index in [0.29, 0.717) is 5.56 Å². The van der Waals surface area contributed by atoms with Gasteiger partial charge in [0.25, 0.3) is 0 Å². The Bertz CT molecular complexity index is 518. The molecule has 94 valence electrons. The highest BCUT2D eigenvalue weighted by atomic mass is 19.1. The Balaban J connectivity index is 2.90. The van der Waals surface area contributed by atoms with Gasteiger partial charge in [0, 0.05) is 11.6 Å². The van der Waals surface area contributed by atoms with Gasteiger partial charge in [-0.1, -0.05) is 18.2 Å². The van der Waals surface area contributed by atoms with E-state index in [2.05, 4.69) is 0 Å². The average molecular weight is 250 g/mol. The van der Waals surface area contributed by atoms with Crippen LogP contribution in [0.1, 0.15) is 17.5 Å². The first-order valence-electron chi connectivity index (χ1n) is 5.08. The molecule has 18 heavy (non-hydrogen) atoms. The quantitative estimate of drug-likeness (QED) is 0.787. The minimum Gasteiger partial charge on any atom is -0.481 e. The molecule has 1 rings (SSSR count). The topological polar surface area (TPSA) is 74.6 Å². The van der Waals surface area contributed by atoms with Crippen molar-refractivity contribution < 1.29 is 24.2 Å². The Hall–Kier alpha value is -2.43. The van der Waals surface area contributed by atoms with Gasteiger partial charge in [0.2, 0.25) is 0 Å². The van der Waals surface area contributed by atoms with E-state index in [9.17, 15) is 14.0 Å². The molecule has 1 aromatic rings. The summed E-state index contributed by atoms with van der Waals surface area (Å²) in [4.78, 5) is 20.6. The maximum atomic E-state index is 13.3. The van der Waals surface area contributed by atoms with Crippen LogP contribution in [-0.2, 0) is 9.59 Å². The predicted octanol–water partition coefficient (Wildman–Crippen LogP) is 2.41. The number of rotatable bonds is 5. The number of hydrogen-bond acceptors (Lipinski definition) is 2. The molecule has 0 aliphatic carbocycles. The fraction of sp³-hybridized carbons (Fsp3) is 0.0769. The van der Waals surface area contributed by atoms with Crippen LogP contribution in [0.15, 0.2) is 30.4 Å². The molecule has 2 N–H and O–H groups in total. The van der Waals surface area contributed by atoms with Gasteiger partial charge in [-0.15, -0.1) is 0 Å². The summed E-state index contributed by atoms with van der Waals surface area (Å²) < 4.78 is 13.3. The zero-order valence-electron chi connectivity index (χ0n) is 9.34. The SMILES string of the molecule is O=C(O)/C=C/c1cc(C=CCC(=O)O)ccc1F. The Kier molecular flexibility index (Phi) is 4.80. The Morgan fingerprint density at radius 1 is 1.22 bits per heavy atom. The second-order valence-corrected chi connectivity index (χ2v) is 3.45. The summed E-state index contributed by atoms with van der Waals surface area (Å²) in [6.07, 6.45) is 4.82. The lowest BCUT2D eigenvalue weighted by molar-refractivity contribution is -0.136. The lowest BCUT2D eigenvalue weighted by atomic mass is 10.1. The highest BCUT2D eigenvalue weighted by Gasteiger charge is 2.00. The minimum absolute atomic E-state index is 0.127. The lowest BCUT2D eigenvalue weighted by Crippen LogP contribution is -1.90. The summed E-state index contributed by atoms with van der Waals surface area (Å²) in [6, 6.07) is 4.11. The van der Waals surface area contributed by atoms with E-state index in [0.717, 1.165) is 12.2 Å². The molecule has 0 fully saturated rings. The molecule has 0 saturated heterocycles. The summed E-state index contributed by atoms with van der Waals surface area (Å²) >= 11 is 0. The molecule has 0 bridgehead atoms. The first-order chi connectivity index (χ1) is 8.49. The number of carbonyl (C=O) groups is 2. The zero-order valence-corrected chi connectivity index (χ0v) is 9.34. The Labute approximate surface area is 103 Å². The second kappa shape index (κ2) is 6.34. The van der Waals surface area contributed by atoms with Gasteiger partial charge >= 0.3 is 11.9 Å². The second-order valence-electron chi connectivity index (χ2n) is 3.45. The van der Waals surface area contributed by atoms with Crippen LogP contribution in [0.3, 0.4) is 0 Å². The molecule has 0 heterocycles. The van der Waals surface area contributed by atoms with Gasteiger partial charge in [-0.05, 0) is 23.8 Å². The molecule has 0 aliphatic heterocycles. The third-order valence-electron chi connectivity index (χ3n) is 2.03. The van der Waals surface area contributed by atoms with E-state index < -0.39 is 17.8 Å². The molecular weight excluding hydrogens is 239 g/mol. The number of aliphatic carboxylic acids is 2. The third-order valence-corrected chi connectivity index (χ3v) is 2.03. The maximum Gasteiger partial charge on any atom is 0.328 e. The van der Waals surface area contributed by atoms with Gasteiger partial charge in [-0.2, -0.15) is 0 Å². The van der Waals surface area contributed by atoms with Crippen molar-refractivity contribution in [1.29, 1.82) is 0 Å². The van der Waals surface area contributed by atoms with Crippen molar-refractivity contribution >= 4 is 24.1 Å². The van der Waals surface area contributed by atoms with Crippen LogP contribution in [-0.4, -0.2) is 22.2 Å². The number of halogens is 1. The Morgan fingerprint density at radius 2 is 1.94 bits per heavy atom. The summed E-state index contributed by atoms with van der Waals surface area (Å²) in [7, 11) is 0. The van der Waals surface area contributed by atoms with Gasteiger partial charge in [-0.25, -0.2) is 9.18 Å². The van der Waals surface area contributed by atoms with E-state index in [1.165, 1.54) is 30.4 Å². The van der Waals surface area contributed by atoms with Crippen LogP contribution in [0, 0.1) is 5.82 Å². The summed E-state index contributed by atoms with van der Waals surface area (Å²) in [5, 5.41) is 16.9. The van der Waals surface area contributed by atoms with E-state index in [4.69, 9.17) is 10.2 Å². The molecule has 0 spiro atoms. The highest BCUT2D eigenvalue weighted by molar-refractivity contribution is 5.85. The predicted molar refractivity (Wildman–Crippen MR) is 64.4 cm³/mol. The highest BCUT2D eigenvalue weighted by Crippen LogP contribution is 2.13. The van der Waals surface area contributed by atoms with E-state index >= 15 is 0 Å². The standard InChI is InChI=1S/C13H11FO4/c14-11-6-4-9(2-1-3-12(15)16)8-10(11)5-7-13(17)18/h1-2,4-8H,3H2,(H,15,16)(H,17,18)/b2-1?,7-5+. The van der Waals surface area contributed by atoms with Crippen molar-refractivity contribution in [3.8, 4) is 0 Å². The number of carboxylic acid groups (broad SMARTS) is 2. The molecule has 0 unspecified atom stereocenters. The normalized spacial score (nSPS) is 11.2. The van der Waals surface area contributed by atoms with Crippen molar-refractivity contribution in [2.24, 2.45) is 0 Å². The van der Waals surface area contributed by atoms with E-state index in [1.807, 2.05) is 0 Å². The molecule has 4 nitrogen and oxygen atoms in total. The third kappa shape index (κ3) is 4.61. The van der Waals surface area contributed by atoms with E-state index in [1.54, 1.807) is 0 Å². The smallest absolute Gasteiger partial charge is 0.328 e. The minimum atomic E-state index is -1.17. The first kappa shape index (κ1) is 13.6. The fourth-order valence-electron chi connectivity index (χ4n) is 1.25. The van der Waals surface area contributed by atoms with Crippen molar-refractivity contribution in [1.82, 2.24) is 0 Å². The van der Waals surface area contributed by atoms with Crippen LogP contribution in [0.2, 0.25) is 0 Å². The number of carboxylic acids is 2. The van der Waals surface area contributed by atoms with Crippen LogP contribution in [0.5, 0.6) is 0 Å².